The van der Waals surface area contributed by atoms with Gasteiger partial charge in [0.05, 0.1) is 13.7 Å². The van der Waals surface area contributed by atoms with E-state index in [1.54, 1.807) is 25.3 Å². The summed E-state index contributed by atoms with van der Waals surface area (Å²) in [5.74, 6) is 1.26. The summed E-state index contributed by atoms with van der Waals surface area (Å²) >= 11 is 0. The number of nitrogens with zero attached hydrogens (tertiary/aromatic N) is 4. The second-order valence-corrected chi connectivity index (χ2v) is 5.59. The van der Waals surface area contributed by atoms with Crippen LogP contribution in [0.3, 0.4) is 0 Å². The molecule has 0 amide bonds. The van der Waals surface area contributed by atoms with Gasteiger partial charge in [0.2, 0.25) is 5.82 Å². The van der Waals surface area contributed by atoms with Crippen molar-refractivity contribution in [3.05, 3.63) is 59.2 Å². The van der Waals surface area contributed by atoms with Gasteiger partial charge in [-0.15, -0.1) is 10.2 Å². The molecule has 0 unspecified atom stereocenters. The second kappa shape index (κ2) is 6.62. The van der Waals surface area contributed by atoms with E-state index in [-0.39, 0.29) is 5.78 Å². The zero-order valence-corrected chi connectivity index (χ0v) is 13.9. The van der Waals surface area contributed by atoms with Gasteiger partial charge in [-0.3, -0.25) is 4.79 Å². The molecule has 0 aliphatic rings. The summed E-state index contributed by atoms with van der Waals surface area (Å²) in [6, 6.07) is 13.3. The van der Waals surface area contributed by atoms with Crippen LogP contribution in [0.5, 0.6) is 5.75 Å². The van der Waals surface area contributed by atoms with Crippen molar-refractivity contribution >= 4 is 5.78 Å². The highest BCUT2D eigenvalue weighted by Gasteiger charge is 2.11. The first kappa shape index (κ1) is 15.9. The first-order valence-electron chi connectivity index (χ1n) is 7.59. The number of aryl methyl sites for hydroxylation is 1. The predicted octanol–water partition coefficient (Wildman–Crippen LogP) is 2.91. The maximum absolute atomic E-state index is 11.6. The second-order valence-electron chi connectivity index (χ2n) is 5.59. The van der Waals surface area contributed by atoms with E-state index in [1.807, 2.05) is 31.2 Å². The van der Waals surface area contributed by atoms with Crippen LogP contribution in [0.15, 0.2) is 42.5 Å². The topological polar surface area (TPSA) is 69.9 Å². The molecule has 0 radical (unpaired) electrons. The number of ether oxygens (including phenoxy) is 1. The van der Waals surface area contributed by atoms with E-state index in [1.165, 1.54) is 17.3 Å². The van der Waals surface area contributed by atoms with Gasteiger partial charge in [0.1, 0.15) is 5.75 Å². The fourth-order valence-corrected chi connectivity index (χ4v) is 2.40. The lowest BCUT2D eigenvalue weighted by Gasteiger charge is -2.09. The molecule has 0 saturated carbocycles. The van der Waals surface area contributed by atoms with Crippen molar-refractivity contribution in [2.45, 2.75) is 20.4 Å². The minimum absolute atomic E-state index is 0.00537. The largest absolute Gasteiger partial charge is 0.496 e. The molecule has 1 heterocycles. The Balaban J connectivity index is 1.88. The molecule has 0 fully saturated rings. The Morgan fingerprint density at radius 3 is 2.58 bits per heavy atom. The summed E-state index contributed by atoms with van der Waals surface area (Å²) in [6.45, 7) is 3.94. The Morgan fingerprint density at radius 1 is 1.17 bits per heavy atom. The predicted molar refractivity (Wildman–Crippen MR) is 90.1 cm³/mol. The molecule has 6 heteroatoms. The molecule has 0 aliphatic carbocycles. The van der Waals surface area contributed by atoms with Crippen molar-refractivity contribution < 1.29 is 9.53 Å². The van der Waals surface area contributed by atoms with E-state index >= 15 is 0 Å². The summed E-state index contributed by atoms with van der Waals surface area (Å²) in [6.07, 6.45) is 0. The fraction of sp³-hybridized carbons (Fsp3) is 0.222. The third-order valence-corrected chi connectivity index (χ3v) is 3.76. The Hall–Kier alpha value is -3.02. The SMILES string of the molecule is COc1ccc(C(C)=O)cc1Cn1nnc(-c2ccc(C)cc2)n1. The molecule has 2 aromatic carbocycles. The van der Waals surface area contributed by atoms with Crippen LogP contribution in [0.4, 0.5) is 0 Å². The van der Waals surface area contributed by atoms with Gasteiger partial charge in [-0.25, -0.2) is 0 Å². The van der Waals surface area contributed by atoms with E-state index in [9.17, 15) is 4.79 Å². The van der Waals surface area contributed by atoms with Crippen LogP contribution in [0.25, 0.3) is 11.4 Å². The smallest absolute Gasteiger partial charge is 0.204 e. The molecular weight excluding hydrogens is 304 g/mol. The number of rotatable bonds is 5. The number of hydrogen-bond acceptors (Lipinski definition) is 5. The van der Waals surface area contributed by atoms with E-state index in [4.69, 9.17) is 4.74 Å². The number of tetrazole rings is 1. The molecule has 3 aromatic rings. The fourth-order valence-electron chi connectivity index (χ4n) is 2.40. The number of methoxy groups -OCH3 is 1. The van der Waals surface area contributed by atoms with Crippen LogP contribution in [0.2, 0.25) is 0 Å². The number of benzene rings is 2. The monoisotopic (exact) mass is 322 g/mol. The number of aromatic nitrogens is 4. The zero-order valence-electron chi connectivity index (χ0n) is 13.9. The molecule has 1 aromatic heterocycles. The van der Waals surface area contributed by atoms with Gasteiger partial charge < -0.3 is 4.74 Å². The number of Topliss-reactive ketones (excluding diaryl/α,β-unsaturated/α-hetero) is 1. The lowest BCUT2D eigenvalue weighted by Crippen LogP contribution is -2.07. The maximum atomic E-state index is 11.6. The van der Waals surface area contributed by atoms with Gasteiger partial charge in [0, 0.05) is 16.7 Å². The van der Waals surface area contributed by atoms with Gasteiger partial charge in [-0.2, -0.15) is 4.80 Å². The van der Waals surface area contributed by atoms with Crippen LogP contribution < -0.4 is 4.74 Å². The van der Waals surface area contributed by atoms with Crippen LogP contribution in [-0.4, -0.2) is 33.1 Å². The van der Waals surface area contributed by atoms with Crippen LogP contribution in [-0.2, 0) is 6.54 Å². The Labute approximate surface area is 140 Å². The number of ketones is 1. The maximum Gasteiger partial charge on any atom is 0.204 e. The standard InChI is InChI=1S/C18H18N4O2/c1-12-4-6-14(7-5-12)18-19-21-22(20-18)11-16-10-15(13(2)23)8-9-17(16)24-3/h4-10H,11H2,1-3H3. The van der Waals surface area contributed by atoms with Crippen molar-refractivity contribution in [3.63, 3.8) is 0 Å². The summed E-state index contributed by atoms with van der Waals surface area (Å²) in [5.41, 5.74) is 3.55. The summed E-state index contributed by atoms with van der Waals surface area (Å²) in [5, 5.41) is 12.6. The van der Waals surface area contributed by atoms with E-state index in [0.29, 0.717) is 23.7 Å². The van der Waals surface area contributed by atoms with Crippen LogP contribution in [0, 0.1) is 6.92 Å². The molecule has 0 spiro atoms. The third-order valence-electron chi connectivity index (χ3n) is 3.76. The molecule has 6 nitrogen and oxygen atoms in total. The van der Waals surface area contributed by atoms with E-state index < -0.39 is 0 Å². The summed E-state index contributed by atoms with van der Waals surface area (Å²) in [4.78, 5) is 13.1. The first-order chi connectivity index (χ1) is 11.6. The normalized spacial score (nSPS) is 10.6. The van der Waals surface area contributed by atoms with Crippen molar-refractivity contribution in [2.75, 3.05) is 7.11 Å². The minimum Gasteiger partial charge on any atom is -0.496 e. The van der Waals surface area contributed by atoms with E-state index in [0.717, 1.165) is 11.1 Å². The van der Waals surface area contributed by atoms with Crippen LogP contribution in [0.1, 0.15) is 28.4 Å². The average Bonchev–Trinajstić information content (AvgIpc) is 3.04. The van der Waals surface area contributed by atoms with Gasteiger partial charge in [-0.05, 0) is 37.3 Å². The first-order valence-corrected chi connectivity index (χ1v) is 7.59. The molecule has 0 atom stereocenters. The Kier molecular flexibility index (Phi) is 4.37. The Morgan fingerprint density at radius 2 is 1.92 bits per heavy atom. The van der Waals surface area contributed by atoms with Crippen molar-refractivity contribution in [2.24, 2.45) is 0 Å². The molecule has 0 aliphatic heterocycles. The number of hydrogen-bond donors (Lipinski definition) is 0. The van der Waals surface area contributed by atoms with Crippen molar-refractivity contribution in [1.29, 1.82) is 0 Å². The summed E-state index contributed by atoms with van der Waals surface area (Å²) < 4.78 is 5.36. The van der Waals surface area contributed by atoms with Crippen LogP contribution >= 0.6 is 0 Å². The third kappa shape index (κ3) is 3.32. The van der Waals surface area contributed by atoms with Crippen molar-refractivity contribution in [1.82, 2.24) is 20.2 Å². The molecular formula is C18H18N4O2. The lowest BCUT2D eigenvalue weighted by molar-refractivity contribution is 0.101. The number of carbonyl (C=O) groups is 1. The average molecular weight is 322 g/mol. The van der Waals surface area contributed by atoms with Crippen molar-refractivity contribution in [3.8, 4) is 17.1 Å². The molecule has 0 bridgehead atoms. The van der Waals surface area contributed by atoms with Gasteiger partial charge in [0.15, 0.2) is 5.78 Å². The molecule has 0 saturated heterocycles. The van der Waals surface area contributed by atoms with Gasteiger partial charge >= 0.3 is 0 Å². The van der Waals surface area contributed by atoms with Gasteiger partial charge in [-0.1, -0.05) is 29.8 Å². The highest BCUT2D eigenvalue weighted by atomic mass is 16.5. The Bertz CT molecular complexity index is 869. The number of carbonyl (C=O) groups excluding carboxylic acids is 1. The quantitative estimate of drug-likeness (QED) is 0.676. The van der Waals surface area contributed by atoms with Gasteiger partial charge in [0.25, 0.3) is 0 Å². The highest BCUT2D eigenvalue weighted by molar-refractivity contribution is 5.94. The minimum atomic E-state index is 0.00537. The highest BCUT2D eigenvalue weighted by Crippen LogP contribution is 2.21. The molecule has 3 rings (SSSR count). The zero-order chi connectivity index (χ0) is 17.1. The summed E-state index contributed by atoms with van der Waals surface area (Å²) in [7, 11) is 1.60. The van der Waals surface area contributed by atoms with E-state index in [2.05, 4.69) is 15.4 Å². The molecule has 0 N–H and O–H groups in total. The lowest BCUT2D eigenvalue weighted by atomic mass is 10.1. The molecule has 122 valence electrons. The molecule has 24 heavy (non-hydrogen) atoms.